The fourth-order valence-corrected chi connectivity index (χ4v) is 1.83. The van der Waals surface area contributed by atoms with Crippen LogP contribution in [0.5, 0.6) is 0 Å². The number of likely N-dealkylation sites (tertiary alicyclic amines) is 1. The lowest BCUT2D eigenvalue weighted by Gasteiger charge is -2.37. The van der Waals surface area contributed by atoms with Gasteiger partial charge in [-0.25, -0.2) is 0 Å². The van der Waals surface area contributed by atoms with Crippen LogP contribution in [0.4, 0.5) is 13.2 Å². The zero-order valence-corrected chi connectivity index (χ0v) is 7.71. The van der Waals surface area contributed by atoms with Gasteiger partial charge in [-0.1, -0.05) is 0 Å². The molecule has 14 heavy (non-hydrogen) atoms. The fourth-order valence-electron chi connectivity index (χ4n) is 1.83. The first-order chi connectivity index (χ1) is 6.32. The van der Waals surface area contributed by atoms with Crippen LogP contribution >= 0.6 is 0 Å². The normalized spacial score (nSPS) is 30.5. The molecule has 6 heteroatoms. The number of carbonyl (C=O) groups is 1. The quantitative estimate of drug-likeness (QED) is 0.690. The molecule has 2 atom stereocenters. The maximum absolute atomic E-state index is 12.3. The SMILES string of the molecule is C[C@]1([C@H](O)C(F)(F)F)CCCN1C=O. The van der Waals surface area contributed by atoms with Crippen LogP contribution in [-0.2, 0) is 4.79 Å². The number of alkyl halides is 3. The summed E-state index contributed by atoms with van der Waals surface area (Å²) in [7, 11) is 0. The largest absolute Gasteiger partial charge is 0.416 e. The number of aliphatic hydroxyl groups is 1. The van der Waals surface area contributed by atoms with Gasteiger partial charge in [-0.15, -0.1) is 0 Å². The summed E-state index contributed by atoms with van der Waals surface area (Å²) in [6, 6.07) is 0. The topological polar surface area (TPSA) is 40.5 Å². The number of hydrogen-bond acceptors (Lipinski definition) is 2. The van der Waals surface area contributed by atoms with Crippen molar-refractivity contribution in [1.82, 2.24) is 4.90 Å². The van der Waals surface area contributed by atoms with Crippen LogP contribution in [0.15, 0.2) is 0 Å². The summed E-state index contributed by atoms with van der Waals surface area (Å²) in [6.07, 6.45) is -6.13. The van der Waals surface area contributed by atoms with E-state index in [2.05, 4.69) is 0 Å². The predicted molar refractivity (Wildman–Crippen MR) is 42.5 cm³/mol. The maximum Gasteiger partial charge on any atom is 0.416 e. The van der Waals surface area contributed by atoms with Crippen LogP contribution in [0.2, 0.25) is 0 Å². The molecular weight excluding hydrogens is 199 g/mol. The van der Waals surface area contributed by atoms with Gasteiger partial charge in [0, 0.05) is 6.54 Å². The van der Waals surface area contributed by atoms with Gasteiger partial charge in [0.2, 0.25) is 6.41 Å². The molecule has 1 amide bonds. The summed E-state index contributed by atoms with van der Waals surface area (Å²) in [5, 5.41) is 9.12. The van der Waals surface area contributed by atoms with Crippen LogP contribution in [-0.4, -0.2) is 40.8 Å². The summed E-state index contributed by atoms with van der Waals surface area (Å²) in [5.74, 6) is 0. The first-order valence-electron chi connectivity index (χ1n) is 4.29. The zero-order valence-electron chi connectivity index (χ0n) is 7.71. The van der Waals surface area contributed by atoms with E-state index in [0.717, 1.165) is 4.90 Å². The molecule has 0 unspecified atom stereocenters. The van der Waals surface area contributed by atoms with Gasteiger partial charge in [-0.05, 0) is 19.8 Å². The molecule has 0 radical (unpaired) electrons. The molecule has 1 saturated heterocycles. The minimum Gasteiger partial charge on any atom is -0.382 e. The smallest absolute Gasteiger partial charge is 0.382 e. The predicted octanol–water partition coefficient (Wildman–Crippen LogP) is 0.921. The van der Waals surface area contributed by atoms with E-state index in [1.54, 1.807) is 0 Å². The van der Waals surface area contributed by atoms with E-state index in [4.69, 9.17) is 5.11 Å². The molecule has 1 rings (SSSR count). The Balaban J connectivity index is 2.88. The standard InChI is InChI=1S/C8H12F3NO2/c1-7(6(14)8(9,10)11)3-2-4-12(7)5-13/h5-6,14H,2-4H2,1H3/t6-,7+/m0/s1. The van der Waals surface area contributed by atoms with Crippen molar-refractivity contribution in [3.8, 4) is 0 Å². The number of aliphatic hydroxyl groups excluding tert-OH is 1. The summed E-state index contributed by atoms with van der Waals surface area (Å²) in [5.41, 5.74) is -1.50. The number of carbonyl (C=O) groups excluding carboxylic acids is 1. The highest BCUT2D eigenvalue weighted by atomic mass is 19.4. The number of amides is 1. The van der Waals surface area contributed by atoms with E-state index in [1.807, 2.05) is 0 Å². The highest BCUT2D eigenvalue weighted by Gasteiger charge is 2.54. The van der Waals surface area contributed by atoms with Crippen molar-refractivity contribution in [2.45, 2.75) is 37.6 Å². The minimum atomic E-state index is -4.68. The van der Waals surface area contributed by atoms with Gasteiger partial charge >= 0.3 is 6.18 Å². The number of rotatable bonds is 2. The van der Waals surface area contributed by atoms with Crippen molar-refractivity contribution in [2.75, 3.05) is 6.54 Å². The third-order valence-corrected chi connectivity index (χ3v) is 2.76. The Morgan fingerprint density at radius 1 is 1.57 bits per heavy atom. The zero-order chi connectivity index (χ0) is 11.0. The van der Waals surface area contributed by atoms with Crippen molar-refractivity contribution in [3.63, 3.8) is 0 Å². The average molecular weight is 211 g/mol. The van der Waals surface area contributed by atoms with Crippen LogP contribution in [0.3, 0.4) is 0 Å². The van der Waals surface area contributed by atoms with Gasteiger partial charge < -0.3 is 10.0 Å². The molecule has 1 aliphatic rings. The second kappa shape index (κ2) is 3.42. The molecule has 0 aromatic carbocycles. The fraction of sp³-hybridized carbons (Fsp3) is 0.875. The molecule has 0 aromatic rings. The van der Waals surface area contributed by atoms with E-state index >= 15 is 0 Å². The minimum absolute atomic E-state index is 0.173. The van der Waals surface area contributed by atoms with Crippen LogP contribution in [0, 0.1) is 0 Å². The van der Waals surface area contributed by atoms with Crippen molar-refractivity contribution >= 4 is 6.41 Å². The molecule has 0 saturated carbocycles. The summed E-state index contributed by atoms with van der Waals surface area (Å²) in [6.45, 7) is 1.53. The van der Waals surface area contributed by atoms with E-state index in [-0.39, 0.29) is 13.0 Å². The van der Waals surface area contributed by atoms with Crippen molar-refractivity contribution in [3.05, 3.63) is 0 Å². The van der Waals surface area contributed by atoms with Gasteiger partial charge in [-0.2, -0.15) is 13.2 Å². The molecule has 0 aliphatic carbocycles. The lowest BCUT2D eigenvalue weighted by atomic mass is 9.91. The number of hydrogen-bond donors (Lipinski definition) is 1. The van der Waals surface area contributed by atoms with Gasteiger partial charge in [0.25, 0.3) is 0 Å². The monoisotopic (exact) mass is 211 g/mol. The summed E-state index contributed by atoms with van der Waals surface area (Å²) >= 11 is 0. The molecule has 1 fully saturated rings. The number of nitrogens with zero attached hydrogens (tertiary/aromatic N) is 1. The molecular formula is C8H12F3NO2. The third kappa shape index (κ3) is 1.70. The van der Waals surface area contributed by atoms with Gasteiger partial charge in [-0.3, -0.25) is 4.79 Å². The molecule has 0 aromatic heterocycles. The molecule has 82 valence electrons. The second-order valence-corrected chi connectivity index (χ2v) is 3.70. The molecule has 1 N–H and O–H groups in total. The maximum atomic E-state index is 12.3. The lowest BCUT2D eigenvalue weighted by molar-refractivity contribution is -0.234. The Labute approximate surface area is 79.5 Å². The van der Waals surface area contributed by atoms with E-state index in [9.17, 15) is 18.0 Å². The third-order valence-electron chi connectivity index (χ3n) is 2.76. The highest BCUT2D eigenvalue weighted by molar-refractivity contribution is 5.50. The second-order valence-electron chi connectivity index (χ2n) is 3.70. The molecule has 1 aliphatic heterocycles. The van der Waals surface area contributed by atoms with Crippen LogP contribution in [0.25, 0.3) is 0 Å². The first-order valence-corrected chi connectivity index (χ1v) is 4.29. The van der Waals surface area contributed by atoms with E-state index < -0.39 is 17.8 Å². The highest BCUT2D eigenvalue weighted by Crippen LogP contribution is 2.38. The Morgan fingerprint density at radius 2 is 2.14 bits per heavy atom. The van der Waals surface area contributed by atoms with Gasteiger partial charge in [0.15, 0.2) is 6.10 Å². The molecule has 0 bridgehead atoms. The number of halogens is 3. The van der Waals surface area contributed by atoms with Crippen molar-refractivity contribution in [2.24, 2.45) is 0 Å². The molecule has 3 nitrogen and oxygen atoms in total. The average Bonchev–Trinajstić information content (AvgIpc) is 2.45. The first kappa shape index (κ1) is 11.3. The van der Waals surface area contributed by atoms with E-state index in [1.165, 1.54) is 6.92 Å². The summed E-state index contributed by atoms with van der Waals surface area (Å²) < 4.78 is 36.8. The van der Waals surface area contributed by atoms with Gasteiger partial charge in [0.05, 0.1) is 5.54 Å². The Kier molecular flexibility index (Phi) is 2.76. The lowest BCUT2D eigenvalue weighted by Crippen LogP contribution is -2.56. The Bertz CT molecular complexity index is 231. The van der Waals surface area contributed by atoms with E-state index in [0.29, 0.717) is 12.8 Å². The summed E-state index contributed by atoms with van der Waals surface area (Å²) in [4.78, 5) is 11.5. The Morgan fingerprint density at radius 3 is 2.57 bits per heavy atom. The van der Waals surface area contributed by atoms with Crippen LogP contribution in [0.1, 0.15) is 19.8 Å². The van der Waals surface area contributed by atoms with Crippen molar-refractivity contribution in [1.29, 1.82) is 0 Å². The molecule has 1 heterocycles. The Hall–Kier alpha value is -0.780. The molecule has 0 spiro atoms. The van der Waals surface area contributed by atoms with Crippen LogP contribution < -0.4 is 0 Å². The van der Waals surface area contributed by atoms with Crippen molar-refractivity contribution < 1.29 is 23.1 Å². The van der Waals surface area contributed by atoms with Gasteiger partial charge in [0.1, 0.15) is 0 Å².